The van der Waals surface area contributed by atoms with Crippen LogP contribution in [0.4, 0.5) is 22.7 Å². The van der Waals surface area contributed by atoms with E-state index >= 15 is 0 Å². The van der Waals surface area contributed by atoms with Crippen molar-refractivity contribution in [3.05, 3.63) is 294 Å². The number of nitrogens with one attached hydrogen (secondary N) is 12. The minimum atomic E-state index is -0.00103. The molecule has 0 saturated heterocycles. The molecule has 36 nitrogen and oxygen atoms in total. The highest BCUT2D eigenvalue weighted by molar-refractivity contribution is 6.05. The zero-order valence-corrected chi connectivity index (χ0v) is 79.5. The lowest BCUT2D eigenvalue weighted by Crippen LogP contribution is -2.28. The SMILES string of the molecule is CCCCC(=O)Nc1cncc(-c2ccc3[nH]nc(-c4nc5c(-c6ccncc6)cncc5[nH]4)c3c2)c1.O=C(Nc1cncc(-c2ccc3[nH]nc(-c4nc5c(-c6ccncc6)cncc5[nH]4)c3c2)c1)C1CC1.O=C(Nc1cncc(-c2ccc3[nH]nc(-c4nc5c(-c6ccncc6)cncc5[nH]4)c3c2)c1)C1CCC1.O=C(Nc1cncc(-c2ccc3[nH]nc(-c4nc5c(-c6ccncc6)cncc5[nH]4)c3c2)c1)C1CCCC1. The third-order valence-corrected chi connectivity index (χ3v) is 27.0. The first-order valence-corrected chi connectivity index (χ1v) is 48.8. The van der Waals surface area contributed by atoms with E-state index in [4.69, 9.17) is 19.9 Å². The first-order valence-electron chi connectivity index (χ1n) is 48.8. The second-order valence-corrected chi connectivity index (χ2v) is 36.8. The van der Waals surface area contributed by atoms with Gasteiger partial charge in [-0.05, 0) is 211 Å². The number of rotatable bonds is 22. The molecule has 20 heterocycles. The van der Waals surface area contributed by atoms with Crippen molar-refractivity contribution in [1.29, 1.82) is 0 Å². The lowest BCUT2D eigenvalue weighted by Gasteiger charge is -2.24. The monoisotopic (exact) mass is 1950 g/mol. The molecule has 0 radical (unpaired) electrons. The number of hydrogen-bond donors (Lipinski definition) is 12. The highest BCUT2D eigenvalue weighted by atomic mass is 16.2. The first kappa shape index (κ1) is 90.8. The molecule has 24 aromatic rings. The van der Waals surface area contributed by atoms with E-state index in [2.05, 4.69) is 173 Å². The van der Waals surface area contributed by atoms with E-state index < -0.39 is 0 Å². The van der Waals surface area contributed by atoms with Crippen molar-refractivity contribution in [2.75, 3.05) is 21.3 Å². The van der Waals surface area contributed by atoms with Gasteiger partial charge in [-0.2, -0.15) is 20.4 Å². The van der Waals surface area contributed by atoms with Gasteiger partial charge >= 0.3 is 0 Å². The van der Waals surface area contributed by atoms with E-state index in [9.17, 15) is 19.2 Å². The molecule has 20 aromatic heterocycles. The highest BCUT2D eigenvalue weighted by Crippen LogP contribution is 2.42. The van der Waals surface area contributed by atoms with Crippen molar-refractivity contribution in [3.8, 4) is 135 Å². The Morgan fingerprint density at radius 2 is 0.527 bits per heavy atom. The lowest BCUT2D eigenvalue weighted by atomic mass is 9.85. The largest absolute Gasteiger partial charge is 0.335 e. The van der Waals surface area contributed by atoms with Crippen LogP contribution >= 0.6 is 0 Å². The Hall–Kier alpha value is -19.7. The third kappa shape index (κ3) is 18.9. The van der Waals surface area contributed by atoms with E-state index in [1.165, 1.54) is 0 Å². The summed E-state index contributed by atoms with van der Waals surface area (Å²) >= 11 is 0. The maximum absolute atomic E-state index is 12.6. The van der Waals surface area contributed by atoms with Gasteiger partial charge in [-0.3, -0.25) is 99.4 Å². The predicted molar refractivity (Wildman–Crippen MR) is 568 cm³/mol. The van der Waals surface area contributed by atoms with Crippen molar-refractivity contribution in [2.24, 2.45) is 17.8 Å². The molecule has 3 aliphatic carbocycles. The minimum Gasteiger partial charge on any atom is -0.335 e. The van der Waals surface area contributed by atoms with Gasteiger partial charge < -0.3 is 41.2 Å². The average Bonchev–Trinajstić information content (AvgIpc) is 1.62. The van der Waals surface area contributed by atoms with Crippen LogP contribution in [0, 0.1) is 17.8 Å². The number of aromatic nitrogens is 28. The van der Waals surface area contributed by atoms with E-state index in [1.807, 2.05) is 146 Å². The molecule has 0 atom stereocenters. The molecular formula is C112H90N32O4. The Morgan fingerprint density at radius 1 is 0.264 bits per heavy atom. The summed E-state index contributed by atoms with van der Waals surface area (Å²) in [7, 11) is 0. The topological polar surface area (TPSA) is 501 Å². The minimum absolute atomic E-state index is 0.00103. The van der Waals surface area contributed by atoms with Gasteiger partial charge in [-0.1, -0.05) is 56.9 Å². The number of amides is 4. The zero-order chi connectivity index (χ0) is 99.5. The number of hydrogen-bond acceptors (Lipinski definition) is 24. The van der Waals surface area contributed by atoms with Crippen molar-refractivity contribution < 1.29 is 19.2 Å². The van der Waals surface area contributed by atoms with Crippen LogP contribution in [0.1, 0.15) is 84.0 Å². The Balaban J connectivity index is 0.000000105. The number of H-pyrrole nitrogens is 8. The summed E-state index contributed by atoms with van der Waals surface area (Å²) in [6.07, 6.45) is 53.7. The zero-order valence-electron chi connectivity index (χ0n) is 79.5. The van der Waals surface area contributed by atoms with E-state index in [1.54, 1.807) is 124 Å². The van der Waals surface area contributed by atoms with Crippen LogP contribution in [0.15, 0.2) is 294 Å². The van der Waals surface area contributed by atoms with Crippen LogP contribution in [0.2, 0.25) is 0 Å². The summed E-state index contributed by atoms with van der Waals surface area (Å²) in [6, 6.07) is 47.6. The Labute approximate surface area is 841 Å². The van der Waals surface area contributed by atoms with E-state index in [0.717, 1.165) is 264 Å². The number of nitrogens with zero attached hydrogens (tertiary/aromatic N) is 20. The summed E-state index contributed by atoms with van der Waals surface area (Å²) in [6.45, 7) is 2.07. The molecule has 36 heteroatoms. The Kier molecular flexibility index (Phi) is 24.6. The molecule has 722 valence electrons. The fraction of sp³-hybridized carbons (Fsp3) is 0.143. The Morgan fingerprint density at radius 3 is 0.791 bits per heavy atom. The van der Waals surface area contributed by atoms with Crippen molar-refractivity contribution >= 4 is 134 Å². The van der Waals surface area contributed by atoms with Crippen LogP contribution in [0.5, 0.6) is 0 Å². The van der Waals surface area contributed by atoms with E-state index in [-0.39, 0.29) is 41.4 Å². The molecule has 148 heavy (non-hydrogen) atoms. The standard InChI is InChI=1S/C29H24N8O.C28H22N8O.C28H24N8O.C27H20N8O/c38-29(18-3-1-2-4-18)33-21-11-20(13-31-14-21)19-5-6-24-22(12-19)27(37-36-24)28-34-25-16-32-15-23(26(25)35-28)17-7-9-30-10-8-17;37-28(17-2-1-3-17)32-20-10-19(12-30-13-20)18-4-5-23-21(11-18)26(36-35-23)27-33-24-15-31-14-22(25(24)34-27)16-6-8-29-9-7-16;1-2-3-4-25(37)32-20-11-19(13-30-14-20)18-5-6-23-21(12-18)27(36-35-23)28-33-24-16-31-15-22(26(24)34-28)17-7-9-29-10-8-17;36-27(16-1-2-16)31-19-9-18(11-29-12-19)17-3-4-22-20(10-17)25(35-34-22)26-32-23-14-30-13-21(24(23)33-26)15-5-7-28-8-6-15/h5-16,18H,1-4H2,(H,33,38)(H,34,35)(H,36,37);4-15,17H,1-3H2,(H,32,37)(H,33,34)(H,35,36);5-16H,2-4H2,1H3,(H,32,37)(H,33,34)(H,35,36);3-14,16H,1-2H2,(H,31,36)(H,32,33)(H,34,35). The number of imidazole rings is 4. The number of benzene rings is 4. The Bertz CT molecular complexity index is 9110. The molecule has 27 rings (SSSR count). The van der Waals surface area contributed by atoms with Gasteiger partial charge in [0.05, 0.1) is 139 Å². The quantitative estimate of drug-likeness (QED) is 0.0300. The molecule has 0 bridgehead atoms. The molecule has 3 aliphatic rings. The number of unbranched alkanes of at least 4 members (excludes halogenated alkanes) is 1. The first-order chi connectivity index (χ1) is 72.9. The van der Waals surface area contributed by atoms with Crippen molar-refractivity contribution in [3.63, 3.8) is 0 Å². The summed E-state index contributed by atoms with van der Waals surface area (Å²) in [5.74, 6) is 3.18. The third-order valence-electron chi connectivity index (χ3n) is 27.0. The van der Waals surface area contributed by atoms with Gasteiger partial charge in [0.1, 0.15) is 22.8 Å². The number of aromatic amines is 8. The number of pyridine rings is 12. The van der Waals surface area contributed by atoms with Crippen LogP contribution in [0.3, 0.4) is 0 Å². The maximum atomic E-state index is 12.6. The van der Waals surface area contributed by atoms with Gasteiger partial charge in [0, 0.05) is 189 Å². The molecular weight excluding hydrogens is 1860 g/mol. The van der Waals surface area contributed by atoms with Crippen molar-refractivity contribution in [2.45, 2.75) is 84.0 Å². The number of fused-ring (bicyclic) bond motifs is 8. The summed E-state index contributed by atoms with van der Waals surface area (Å²) in [5, 5.41) is 46.4. The maximum Gasteiger partial charge on any atom is 0.227 e. The molecule has 0 unspecified atom stereocenters. The predicted octanol–water partition coefficient (Wildman–Crippen LogP) is 21.8. The highest BCUT2D eigenvalue weighted by Gasteiger charge is 2.31. The molecule has 12 N–H and O–H groups in total. The molecule has 4 amide bonds. The number of carbonyl (C=O) groups excluding carboxylic acids is 4. The van der Waals surface area contributed by atoms with Gasteiger partial charge in [-0.25, -0.2) is 19.9 Å². The average molecular weight is 1950 g/mol. The van der Waals surface area contributed by atoms with E-state index in [0.29, 0.717) is 58.2 Å². The molecule has 0 spiro atoms. The van der Waals surface area contributed by atoms with Crippen LogP contribution < -0.4 is 21.3 Å². The van der Waals surface area contributed by atoms with Gasteiger partial charge in [0.15, 0.2) is 23.3 Å². The fourth-order valence-corrected chi connectivity index (χ4v) is 18.8. The fourth-order valence-electron chi connectivity index (χ4n) is 18.8. The second-order valence-electron chi connectivity index (χ2n) is 36.8. The van der Waals surface area contributed by atoms with Crippen molar-refractivity contribution in [1.82, 2.24) is 140 Å². The number of carbonyl (C=O) groups is 4. The molecule has 3 saturated carbocycles. The smallest absolute Gasteiger partial charge is 0.227 e. The molecule has 0 aliphatic heterocycles. The summed E-state index contributed by atoms with van der Waals surface area (Å²) in [5.41, 5.74) is 31.0. The van der Waals surface area contributed by atoms with Crippen LogP contribution in [0.25, 0.3) is 223 Å². The normalized spacial score (nSPS) is 13.0. The summed E-state index contributed by atoms with van der Waals surface area (Å²) in [4.78, 5) is 134. The van der Waals surface area contributed by atoms with Gasteiger partial charge in [0.25, 0.3) is 0 Å². The van der Waals surface area contributed by atoms with Gasteiger partial charge in [-0.15, -0.1) is 0 Å². The van der Waals surface area contributed by atoms with Crippen LogP contribution in [-0.4, -0.2) is 164 Å². The lowest BCUT2D eigenvalue weighted by molar-refractivity contribution is -0.122. The molecule has 3 fully saturated rings. The van der Waals surface area contributed by atoms with Crippen LogP contribution in [-0.2, 0) is 19.2 Å². The molecule has 4 aromatic carbocycles. The summed E-state index contributed by atoms with van der Waals surface area (Å²) < 4.78 is 0. The van der Waals surface area contributed by atoms with Gasteiger partial charge in [0.2, 0.25) is 23.6 Å². The second kappa shape index (κ2) is 40.0. The number of anilines is 4.